The maximum atomic E-state index is 5.66. The zero-order chi connectivity index (χ0) is 13.5. The van der Waals surface area contributed by atoms with Crippen molar-refractivity contribution in [1.82, 2.24) is 0 Å². The summed E-state index contributed by atoms with van der Waals surface area (Å²) in [7, 11) is 0. The molecule has 0 aliphatic heterocycles. The Balaban J connectivity index is 1.76. The standard InChI is InChI=1S/C16H19NO2/c1-13-4-2-3-5-16(13)19-11-10-18-15-8-6-14(12-17)7-9-15/h2-9H,10-12,17H2,1H3. The monoisotopic (exact) mass is 257 g/mol. The van der Waals surface area contributed by atoms with Gasteiger partial charge in [0.15, 0.2) is 0 Å². The van der Waals surface area contributed by atoms with Crippen LogP contribution < -0.4 is 15.2 Å². The number of para-hydroxylation sites is 1. The molecule has 19 heavy (non-hydrogen) atoms. The minimum absolute atomic E-state index is 0.524. The Morgan fingerprint density at radius 1 is 0.895 bits per heavy atom. The molecule has 0 radical (unpaired) electrons. The van der Waals surface area contributed by atoms with Crippen LogP contribution in [0.1, 0.15) is 11.1 Å². The zero-order valence-electron chi connectivity index (χ0n) is 11.1. The molecule has 100 valence electrons. The molecule has 3 nitrogen and oxygen atoms in total. The first-order valence-corrected chi connectivity index (χ1v) is 6.40. The third-order valence-corrected chi connectivity index (χ3v) is 2.86. The van der Waals surface area contributed by atoms with E-state index in [4.69, 9.17) is 15.2 Å². The van der Waals surface area contributed by atoms with Crippen molar-refractivity contribution < 1.29 is 9.47 Å². The molecule has 2 N–H and O–H groups in total. The summed E-state index contributed by atoms with van der Waals surface area (Å²) in [6.07, 6.45) is 0. The van der Waals surface area contributed by atoms with Crippen LogP contribution in [-0.2, 0) is 6.54 Å². The summed E-state index contributed by atoms with van der Waals surface area (Å²) in [6.45, 7) is 3.64. The molecule has 0 spiro atoms. The van der Waals surface area contributed by atoms with Crippen molar-refractivity contribution in [3.8, 4) is 11.5 Å². The Labute approximate surface area is 114 Å². The fraction of sp³-hybridized carbons (Fsp3) is 0.250. The fourth-order valence-corrected chi connectivity index (χ4v) is 1.75. The smallest absolute Gasteiger partial charge is 0.122 e. The molecule has 0 fully saturated rings. The minimum Gasteiger partial charge on any atom is -0.490 e. The number of aryl methyl sites for hydroxylation is 1. The number of hydrogen-bond acceptors (Lipinski definition) is 3. The first-order chi connectivity index (χ1) is 9.29. The van der Waals surface area contributed by atoms with Crippen molar-refractivity contribution in [2.75, 3.05) is 13.2 Å². The maximum absolute atomic E-state index is 5.66. The Hall–Kier alpha value is -2.00. The molecule has 0 aliphatic carbocycles. The molecule has 0 aromatic heterocycles. The number of benzene rings is 2. The molecule has 0 saturated heterocycles. The van der Waals surface area contributed by atoms with Crippen molar-refractivity contribution in [3.05, 3.63) is 59.7 Å². The van der Waals surface area contributed by atoms with Gasteiger partial charge in [-0.25, -0.2) is 0 Å². The van der Waals surface area contributed by atoms with Crippen LogP contribution in [0.3, 0.4) is 0 Å². The van der Waals surface area contributed by atoms with Gasteiger partial charge in [-0.05, 0) is 36.2 Å². The first kappa shape index (κ1) is 13.4. The predicted octanol–water partition coefficient (Wildman–Crippen LogP) is 2.91. The van der Waals surface area contributed by atoms with Crippen molar-refractivity contribution in [2.45, 2.75) is 13.5 Å². The largest absolute Gasteiger partial charge is 0.490 e. The van der Waals surface area contributed by atoms with E-state index in [1.807, 2.05) is 55.5 Å². The highest BCUT2D eigenvalue weighted by Crippen LogP contribution is 2.16. The van der Waals surface area contributed by atoms with Crippen LogP contribution >= 0.6 is 0 Å². The van der Waals surface area contributed by atoms with Crippen molar-refractivity contribution in [2.24, 2.45) is 5.73 Å². The molecule has 0 heterocycles. The summed E-state index contributed by atoms with van der Waals surface area (Å²) in [5, 5.41) is 0. The molecule has 0 saturated carbocycles. The second-order valence-corrected chi connectivity index (χ2v) is 4.31. The maximum Gasteiger partial charge on any atom is 0.122 e. The second kappa shape index (κ2) is 6.81. The first-order valence-electron chi connectivity index (χ1n) is 6.40. The summed E-state index contributed by atoms with van der Waals surface area (Å²) in [4.78, 5) is 0. The highest BCUT2D eigenvalue weighted by Gasteiger charge is 1.98. The SMILES string of the molecule is Cc1ccccc1OCCOc1ccc(CN)cc1. The normalized spacial score (nSPS) is 10.2. The van der Waals surface area contributed by atoms with E-state index in [1.165, 1.54) is 0 Å². The van der Waals surface area contributed by atoms with Crippen molar-refractivity contribution in [3.63, 3.8) is 0 Å². The molecule has 0 amide bonds. The molecule has 2 aromatic rings. The molecule has 0 unspecified atom stereocenters. The lowest BCUT2D eigenvalue weighted by Gasteiger charge is -2.10. The van der Waals surface area contributed by atoms with Crippen LogP contribution in [0.4, 0.5) is 0 Å². The van der Waals surface area contributed by atoms with Gasteiger partial charge in [0.05, 0.1) is 0 Å². The minimum atomic E-state index is 0.524. The summed E-state index contributed by atoms with van der Waals surface area (Å²) in [5.41, 5.74) is 7.77. The Bertz CT molecular complexity index is 508. The molecule has 2 aromatic carbocycles. The van der Waals surface area contributed by atoms with Gasteiger partial charge in [0.25, 0.3) is 0 Å². The number of rotatable bonds is 6. The van der Waals surface area contributed by atoms with Crippen molar-refractivity contribution >= 4 is 0 Å². The molecule has 0 bridgehead atoms. The quantitative estimate of drug-likeness (QED) is 0.809. The van der Waals surface area contributed by atoms with Gasteiger partial charge in [-0.2, -0.15) is 0 Å². The van der Waals surface area contributed by atoms with Crippen molar-refractivity contribution in [1.29, 1.82) is 0 Å². The predicted molar refractivity (Wildman–Crippen MR) is 76.5 cm³/mol. The number of ether oxygens (including phenoxy) is 2. The summed E-state index contributed by atoms with van der Waals surface area (Å²) >= 11 is 0. The van der Waals surface area contributed by atoms with E-state index in [9.17, 15) is 0 Å². The van der Waals surface area contributed by atoms with Gasteiger partial charge in [-0.3, -0.25) is 0 Å². The molecule has 0 aliphatic rings. The Kier molecular flexibility index (Phi) is 4.81. The zero-order valence-corrected chi connectivity index (χ0v) is 11.1. The van der Waals surface area contributed by atoms with Gasteiger partial charge in [0, 0.05) is 6.54 Å². The van der Waals surface area contributed by atoms with Crippen LogP contribution in [0.5, 0.6) is 11.5 Å². The Morgan fingerprint density at radius 3 is 2.26 bits per heavy atom. The highest BCUT2D eigenvalue weighted by molar-refractivity contribution is 5.31. The fourth-order valence-electron chi connectivity index (χ4n) is 1.75. The van der Waals surface area contributed by atoms with Crippen LogP contribution in [0.15, 0.2) is 48.5 Å². The van der Waals surface area contributed by atoms with E-state index in [0.29, 0.717) is 19.8 Å². The van der Waals surface area contributed by atoms with E-state index >= 15 is 0 Å². The average molecular weight is 257 g/mol. The summed E-state index contributed by atoms with van der Waals surface area (Å²) < 4.78 is 11.3. The van der Waals surface area contributed by atoms with E-state index < -0.39 is 0 Å². The Morgan fingerprint density at radius 2 is 1.58 bits per heavy atom. The summed E-state index contributed by atoms with van der Waals surface area (Å²) in [6, 6.07) is 15.8. The second-order valence-electron chi connectivity index (χ2n) is 4.31. The van der Waals surface area contributed by atoms with Gasteiger partial charge in [0.1, 0.15) is 24.7 Å². The van der Waals surface area contributed by atoms with Gasteiger partial charge in [-0.1, -0.05) is 30.3 Å². The molecular formula is C16H19NO2. The average Bonchev–Trinajstić information content (AvgIpc) is 2.46. The van der Waals surface area contributed by atoms with Gasteiger partial charge < -0.3 is 15.2 Å². The molecule has 2 rings (SSSR count). The lowest BCUT2D eigenvalue weighted by Crippen LogP contribution is -2.09. The van der Waals surface area contributed by atoms with E-state index in [0.717, 1.165) is 22.6 Å². The number of nitrogens with two attached hydrogens (primary N) is 1. The molecule has 0 atom stereocenters. The number of hydrogen-bond donors (Lipinski definition) is 1. The third-order valence-electron chi connectivity index (χ3n) is 2.86. The van der Waals surface area contributed by atoms with Crippen LogP contribution in [0, 0.1) is 6.92 Å². The van der Waals surface area contributed by atoms with E-state index in [-0.39, 0.29) is 0 Å². The summed E-state index contributed by atoms with van der Waals surface area (Å²) in [5.74, 6) is 1.75. The van der Waals surface area contributed by atoms with Gasteiger partial charge in [-0.15, -0.1) is 0 Å². The van der Waals surface area contributed by atoms with Gasteiger partial charge >= 0.3 is 0 Å². The van der Waals surface area contributed by atoms with Crippen LogP contribution in [0.25, 0.3) is 0 Å². The van der Waals surface area contributed by atoms with Crippen LogP contribution in [-0.4, -0.2) is 13.2 Å². The molecular weight excluding hydrogens is 238 g/mol. The lowest BCUT2D eigenvalue weighted by molar-refractivity contribution is 0.216. The van der Waals surface area contributed by atoms with E-state index in [1.54, 1.807) is 0 Å². The highest BCUT2D eigenvalue weighted by atomic mass is 16.5. The van der Waals surface area contributed by atoms with Crippen LogP contribution in [0.2, 0.25) is 0 Å². The third kappa shape index (κ3) is 4.00. The molecule has 3 heteroatoms. The van der Waals surface area contributed by atoms with E-state index in [2.05, 4.69) is 0 Å². The van der Waals surface area contributed by atoms with Gasteiger partial charge in [0.2, 0.25) is 0 Å². The lowest BCUT2D eigenvalue weighted by atomic mass is 10.2. The topological polar surface area (TPSA) is 44.5 Å².